The molecule has 8 nitrogen and oxygen atoms in total. The molecule has 0 saturated heterocycles. The van der Waals surface area contributed by atoms with Gasteiger partial charge in [0.1, 0.15) is 18.2 Å². The van der Waals surface area contributed by atoms with Crippen molar-refractivity contribution in [3.63, 3.8) is 0 Å². The highest BCUT2D eigenvalue weighted by Crippen LogP contribution is 2.30. The molecule has 0 spiro atoms. The van der Waals surface area contributed by atoms with Crippen LogP contribution in [-0.4, -0.2) is 31.2 Å². The van der Waals surface area contributed by atoms with E-state index in [9.17, 15) is 14.0 Å². The monoisotopic (exact) mass is 491 g/mol. The SMILES string of the molecule is COc1ccc(CCC2=C(C(=O)OCc3cccc(F)c3)C(c3ccc(OC)nc3)NC(=O)N2)cc1. The number of aromatic nitrogens is 1. The number of aryl methyl sites for hydroxylation is 1. The maximum absolute atomic E-state index is 13.6. The van der Waals surface area contributed by atoms with Crippen molar-refractivity contribution < 1.29 is 28.2 Å². The average molecular weight is 492 g/mol. The third-order valence-corrected chi connectivity index (χ3v) is 5.76. The zero-order chi connectivity index (χ0) is 25.5. The van der Waals surface area contributed by atoms with Crippen molar-refractivity contribution in [2.75, 3.05) is 14.2 Å². The molecule has 0 radical (unpaired) electrons. The van der Waals surface area contributed by atoms with Crippen LogP contribution in [0.1, 0.15) is 29.2 Å². The van der Waals surface area contributed by atoms with E-state index in [0.29, 0.717) is 35.5 Å². The first-order chi connectivity index (χ1) is 17.5. The summed E-state index contributed by atoms with van der Waals surface area (Å²) in [5.74, 6) is 0.0915. The van der Waals surface area contributed by atoms with Gasteiger partial charge in [-0.25, -0.2) is 19.0 Å². The predicted molar refractivity (Wildman–Crippen MR) is 130 cm³/mol. The lowest BCUT2D eigenvalue weighted by molar-refractivity contribution is -0.140. The lowest BCUT2D eigenvalue weighted by Gasteiger charge is -2.29. The smallest absolute Gasteiger partial charge is 0.338 e. The number of pyridine rings is 1. The third-order valence-electron chi connectivity index (χ3n) is 5.76. The van der Waals surface area contributed by atoms with Crippen molar-refractivity contribution in [3.05, 3.63) is 101 Å². The third kappa shape index (κ3) is 5.99. The van der Waals surface area contributed by atoms with Crippen LogP contribution in [0.2, 0.25) is 0 Å². The van der Waals surface area contributed by atoms with E-state index >= 15 is 0 Å². The summed E-state index contributed by atoms with van der Waals surface area (Å²) in [6.45, 7) is -0.118. The molecule has 9 heteroatoms. The van der Waals surface area contributed by atoms with Gasteiger partial charge in [-0.1, -0.05) is 24.3 Å². The van der Waals surface area contributed by atoms with E-state index in [1.54, 1.807) is 31.4 Å². The molecule has 1 aliphatic rings. The van der Waals surface area contributed by atoms with Crippen molar-refractivity contribution in [2.24, 2.45) is 0 Å². The van der Waals surface area contributed by atoms with Gasteiger partial charge in [0.25, 0.3) is 0 Å². The molecule has 2 aromatic carbocycles. The number of esters is 1. The van der Waals surface area contributed by atoms with Gasteiger partial charge in [0, 0.05) is 18.0 Å². The van der Waals surface area contributed by atoms with E-state index in [0.717, 1.165) is 11.3 Å². The van der Waals surface area contributed by atoms with Crippen LogP contribution in [0.25, 0.3) is 0 Å². The molecular weight excluding hydrogens is 465 g/mol. The summed E-state index contributed by atoms with van der Waals surface area (Å²) >= 11 is 0. The lowest BCUT2D eigenvalue weighted by atomic mass is 9.94. The summed E-state index contributed by atoms with van der Waals surface area (Å²) < 4.78 is 29.4. The molecule has 2 amide bonds. The molecule has 1 atom stereocenters. The largest absolute Gasteiger partial charge is 0.497 e. The normalized spacial score (nSPS) is 15.1. The van der Waals surface area contributed by atoms with E-state index in [4.69, 9.17) is 14.2 Å². The van der Waals surface area contributed by atoms with Crippen LogP contribution in [0.4, 0.5) is 9.18 Å². The fourth-order valence-corrected chi connectivity index (χ4v) is 3.90. The van der Waals surface area contributed by atoms with Crippen LogP contribution >= 0.6 is 0 Å². The van der Waals surface area contributed by atoms with Crippen LogP contribution in [-0.2, 0) is 22.6 Å². The summed E-state index contributed by atoms with van der Waals surface area (Å²) in [5, 5.41) is 5.55. The minimum atomic E-state index is -0.789. The summed E-state index contributed by atoms with van der Waals surface area (Å²) in [4.78, 5) is 30.1. The van der Waals surface area contributed by atoms with E-state index in [-0.39, 0.29) is 12.2 Å². The number of urea groups is 1. The van der Waals surface area contributed by atoms with Gasteiger partial charge in [0.15, 0.2) is 0 Å². The second-order valence-electron chi connectivity index (χ2n) is 8.11. The maximum Gasteiger partial charge on any atom is 0.338 e. The molecule has 0 fully saturated rings. The van der Waals surface area contributed by atoms with E-state index in [2.05, 4.69) is 15.6 Å². The Morgan fingerprint density at radius 1 is 1.00 bits per heavy atom. The summed E-state index contributed by atoms with van der Waals surface area (Å²) in [7, 11) is 3.10. The average Bonchev–Trinajstić information content (AvgIpc) is 2.90. The highest BCUT2D eigenvalue weighted by molar-refractivity contribution is 5.95. The molecular formula is C27H26FN3O5. The standard InChI is InChI=1S/C27H26FN3O5/c1-34-21-10-6-17(7-11-21)8-12-22-24(26(32)36-16-18-4-3-5-20(28)14-18)25(31-27(33)30-22)19-9-13-23(35-2)29-15-19/h3-7,9-11,13-15,25H,8,12,16H2,1-2H3,(H2,30,31,33). The first-order valence-corrected chi connectivity index (χ1v) is 11.3. The van der Waals surface area contributed by atoms with Crippen molar-refractivity contribution in [3.8, 4) is 11.6 Å². The van der Waals surface area contributed by atoms with Crippen molar-refractivity contribution >= 4 is 12.0 Å². The number of rotatable bonds is 9. The van der Waals surface area contributed by atoms with Gasteiger partial charge in [0.2, 0.25) is 5.88 Å². The molecule has 0 saturated carbocycles. The van der Waals surface area contributed by atoms with Gasteiger partial charge >= 0.3 is 12.0 Å². The number of halogens is 1. The maximum atomic E-state index is 13.6. The highest BCUT2D eigenvalue weighted by atomic mass is 19.1. The number of benzene rings is 2. The topological polar surface area (TPSA) is 98.8 Å². The first kappa shape index (κ1) is 24.7. The molecule has 1 aromatic heterocycles. The molecule has 0 aliphatic carbocycles. The van der Waals surface area contributed by atoms with Gasteiger partial charge in [-0.3, -0.25) is 0 Å². The van der Waals surface area contributed by atoms with Gasteiger partial charge in [-0.05, 0) is 59.9 Å². The number of nitrogens with one attached hydrogen (secondary N) is 2. The van der Waals surface area contributed by atoms with Crippen LogP contribution < -0.4 is 20.1 Å². The Morgan fingerprint density at radius 2 is 1.81 bits per heavy atom. The highest BCUT2D eigenvalue weighted by Gasteiger charge is 2.34. The molecule has 4 rings (SSSR count). The van der Waals surface area contributed by atoms with Crippen LogP contribution in [0, 0.1) is 5.82 Å². The van der Waals surface area contributed by atoms with E-state index < -0.39 is 23.9 Å². The van der Waals surface area contributed by atoms with E-state index in [1.165, 1.54) is 25.4 Å². The zero-order valence-corrected chi connectivity index (χ0v) is 19.9. The molecule has 186 valence electrons. The summed E-state index contributed by atoms with van der Waals surface area (Å²) in [6.07, 6.45) is 2.48. The lowest BCUT2D eigenvalue weighted by Crippen LogP contribution is -2.46. The number of carbonyl (C=O) groups excluding carboxylic acids is 2. The summed E-state index contributed by atoms with van der Waals surface area (Å²) in [6, 6.07) is 15.5. The number of allylic oxidation sites excluding steroid dienone is 1. The molecule has 1 unspecified atom stereocenters. The Morgan fingerprint density at radius 3 is 2.47 bits per heavy atom. The number of ether oxygens (including phenoxy) is 3. The van der Waals surface area contributed by atoms with Gasteiger partial charge in [-0.2, -0.15) is 0 Å². The number of hydrogen-bond acceptors (Lipinski definition) is 6. The van der Waals surface area contributed by atoms with Crippen LogP contribution in [0.15, 0.2) is 78.1 Å². The minimum Gasteiger partial charge on any atom is -0.497 e. The second-order valence-corrected chi connectivity index (χ2v) is 8.11. The van der Waals surface area contributed by atoms with Crippen LogP contribution in [0.5, 0.6) is 11.6 Å². The van der Waals surface area contributed by atoms with E-state index in [1.807, 2.05) is 24.3 Å². The molecule has 3 aromatic rings. The number of amides is 2. The zero-order valence-electron chi connectivity index (χ0n) is 19.9. The Labute approximate surface area is 208 Å². The molecule has 0 bridgehead atoms. The predicted octanol–water partition coefficient (Wildman–Crippen LogP) is 4.22. The number of nitrogens with zero attached hydrogens (tertiary/aromatic N) is 1. The fraction of sp³-hybridized carbons (Fsp3) is 0.222. The molecule has 1 aliphatic heterocycles. The van der Waals surface area contributed by atoms with Gasteiger partial charge in [-0.15, -0.1) is 0 Å². The fourth-order valence-electron chi connectivity index (χ4n) is 3.90. The minimum absolute atomic E-state index is 0.118. The Balaban J connectivity index is 1.63. The van der Waals surface area contributed by atoms with Crippen molar-refractivity contribution in [1.82, 2.24) is 15.6 Å². The quantitative estimate of drug-likeness (QED) is 0.435. The summed E-state index contributed by atoms with van der Waals surface area (Å²) in [5.41, 5.74) is 2.81. The number of hydrogen-bond donors (Lipinski definition) is 2. The number of carbonyl (C=O) groups is 2. The number of methoxy groups -OCH3 is 2. The first-order valence-electron chi connectivity index (χ1n) is 11.3. The van der Waals surface area contributed by atoms with Crippen molar-refractivity contribution in [1.29, 1.82) is 0 Å². The van der Waals surface area contributed by atoms with Crippen LogP contribution in [0.3, 0.4) is 0 Å². The molecule has 36 heavy (non-hydrogen) atoms. The van der Waals surface area contributed by atoms with Gasteiger partial charge < -0.3 is 24.8 Å². The Hall–Kier alpha value is -4.40. The molecule has 2 heterocycles. The van der Waals surface area contributed by atoms with Crippen molar-refractivity contribution in [2.45, 2.75) is 25.5 Å². The Bertz CT molecular complexity index is 1260. The molecule has 2 N–H and O–H groups in total. The second kappa shape index (κ2) is 11.4. The Kier molecular flexibility index (Phi) is 7.79. The van der Waals surface area contributed by atoms with Gasteiger partial charge in [0.05, 0.1) is 25.8 Å².